The lowest BCUT2D eigenvalue weighted by Crippen LogP contribution is -2.24. The number of carbonyl (C=O) groups excluding carboxylic acids is 2. The van der Waals surface area contributed by atoms with Crippen molar-refractivity contribution >= 4 is 55.8 Å². The van der Waals surface area contributed by atoms with Crippen LogP contribution >= 0.6 is 31.9 Å². The predicted octanol–water partition coefficient (Wildman–Crippen LogP) is 2.70. The molecule has 0 fully saturated rings. The average Bonchev–Trinajstić information content (AvgIpc) is 2.32. The Labute approximate surface area is 137 Å². The summed E-state index contributed by atoms with van der Waals surface area (Å²) in [5, 5.41) is 11.2. The molecule has 0 heterocycles. The zero-order valence-corrected chi connectivity index (χ0v) is 14.2. The third-order valence-corrected chi connectivity index (χ3v) is 3.30. The minimum atomic E-state index is -1.26. The number of hydrogen-bond acceptors (Lipinski definition) is 4. The Hall–Kier alpha value is -1.67. The van der Waals surface area contributed by atoms with E-state index in [1.807, 2.05) is 0 Å². The first-order chi connectivity index (χ1) is 9.70. The summed E-state index contributed by atoms with van der Waals surface area (Å²) >= 11 is 6.47. The number of carboxylic acid groups (broad SMARTS) is 1. The minimum absolute atomic E-state index is 0.262. The molecule has 21 heavy (non-hydrogen) atoms. The Morgan fingerprint density at radius 3 is 2.10 bits per heavy atom. The van der Waals surface area contributed by atoms with Crippen LogP contribution in [0.2, 0.25) is 0 Å². The van der Waals surface area contributed by atoms with Crippen molar-refractivity contribution in [3.05, 3.63) is 32.3 Å². The largest absolute Gasteiger partial charge is 0.477 e. The molecule has 0 radical (unpaired) electrons. The molecule has 1 amide bonds. The number of esters is 1. The Morgan fingerprint density at radius 1 is 1.19 bits per heavy atom. The van der Waals surface area contributed by atoms with Crippen molar-refractivity contribution in [2.24, 2.45) is 0 Å². The first-order valence-corrected chi connectivity index (χ1v) is 7.19. The van der Waals surface area contributed by atoms with Crippen LogP contribution in [-0.2, 0) is 14.4 Å². The highest BCUT2D eigenvalue weighted by atomic mass is 79.9. The van der Waals surface area contributed by atoms with Crippen molar-refractivity contribution < 1.29 is 24.2 Å². The van der Waals surface area contributed by atoms with Gasteiger partial charge in [0.2, 0.25) is 5.91 Å². The predicted molar refractivity (Wildman–Crippen MR) is 82.6 cm³/mol. The number of rotatable bonds is 4. The molecular formula is C13H11Br2NO5. The summed E-state index contributed by atoms with van der Waals surface area (Å²) in [5.74, 6) is -1.94. The molecule has 0 aliphatic carbocycles. The van der Waals surface area contributed by atoms with E-state index in [4.69, 9.17) is 9.84 Å². The number of hydrogen-bond donors (Lipinski definition) is 2. The average molecular weight is 421 g/mol. The quantitative estimate of drug-likeness (QED) is 0.443. The zero-order chi connectivity index (χ0) is 16.2. The van der Waals surface area contributed by atoms with Crippen molar-refractivity contribution in [3.8, 4) is 5.75 Å². The summed E-state index contributed by atoms with van der Waals surface area (Å²) < 4.78 is 5.94. The summed E-state index contributed by atoms with van der Waals surface area (Å²) in [7, 11) is 0. The fourth-order valence-electron chi connectivity index (χ4n) is 1.41. The number of carbonyl (C=O) groups is 3. The van der Waals surface area contributed by atoms with E-state index in [9.17, 15) is 14.4 Å². The van der Waals surface area contributed by atoms with Crippen LogP contribution in [0.4, 0.5) is 0 Å². The van der Waals surface area contributed by atoms with Crippen LogP contribution in [0.25, 0.3) is 6.08 Å². The molecule has 0 aliphatic heterocycles. The summed E-state index contributed by atoms with van der Waals surface area (Å²) in [5.41, 5.74) is 0.234. The summed E-state index contributed by atoms with van der Waals surface area (Å²) in [6.07, 6.45) is 1.29. The zero-order valence-electron chi connectivity index (χ0n) is 11.1. The highest BCUT2D eigenvalue weighted by Gasteiger charge is 2.13. The SMILES string of the molecule is CC(=O)NC(=Cc1cc(Br)c(OC(C)=O)c(Br)c1)C(=O)O. The number of aliphatic carboxylic acids is 1. The molecule has 0 spiro atoms. The van der Waals surface area contributed by atoms with Crippen LogP contribution in [0.5, 0.6) is 5.75 Å². The molecule has 0 saturated carbocycles. The normalized spacial score (nSPS) is 11.0. The lowest BCUT2D eigenvalue weighted by Gasteiger charge is -2.09. The lowest BCUT2D eigenvalue weighted by atomic mass is 10.2. The second kappa shape index (κ2) is 7.37. The van der Waals surface area contributed by atoms with E-state index in [-0.39, 0.29) is 11.4 Å². The van der Waals surface area contributed by atoms with Crippen molar-refractivity contribution in [1.82, 2.24) is 5.32 Å². The molecule has 1 aromatic rings. The van der Waals surface area contributed by atoms with E-state index in [2.05, 4.69) is 37.2 Å². The smallest absolute Gasteiger partial charge is 0.352 e. The third-order valence-electron chi connectivity index (χ3n) is 2.12. The molecule has 1 aromatic carbocycles. The molecule has 0 bridgehead atoms. The minimum Gasteiger partial charge on any atom is -0.477 e. The fraction of sp³-hybridized carbons (Fsp3) is 0.154. The van der Waals surface area contributed by atoms with Crippen molar-refractivity contribution in [2.75, 3.05) is 0 Å². The topological polar surface area (TPSA) is 92.7 Å². The number of ether oxygens (including phenoxy) is 1. The van der Waals surface area contributed by atoms with E-state index in [0.717, 1.165) is 0 Å². The summed E-state index contributed by atoms with van der Waals surface area (Å²) in [4.78, 5) is 33.0. The van der Waals surface area contributed by atoms with Crippen LogP contribution in [0, 0.1) is 0 Å². The van der Waals surface area contributed by atoms with E-state index >= 15 is 0 Å². The summed E-state index contributed by atoms with van der Waals surface area (Å²) in [6, 6.07) is 3.13. The molecule has 0 unspecified atom stereocenters. The monoisotopic (exact) mass is 419 g/mol. The molecule has 8 heteroatoms. The van der Waals surface area contributed by atoms with Gasteiger partial charge in [-0.3, -0.25) is 9.59 Å². The fourth-order valence-corrected chi connectivity index (χ4v) is 2.80. The Balaban J connectivity index is 3.23. The van der Waals surface area contributed by atoms with Gasteiger partial charge in [-0.05, 0) is 55.6 Å². The molecule has 6 nitrogen and oxygen atoms in total. The van der Waals surface area contributed by atoms with Gasteiger partial charge in [0.25, 0.3) is 0 Å². The van der Waals surface area contributed by atoms with Crippen molar-refractivity contribution in [3.63, 3.8) is 0 Å². The van der Waals surface area contributed by atoms with Crippen LogP contribution in [-0.4, -0.2) is 23.0 Å². The number of benzene rings is 1. The molecule has 0 saturated heterocycles. The second-order valence-electron chi connectivity index (χ2n) is 3.95. The van der Waals surface area contributed by atoms with Crippen LogP contribution < -0.4 is 10.1 Å². The van der Waals surface area contributed by atoms with Gasteiger partial charge in [0.1, 0.15) is 5.70 Å². The molecular weight excluding hydrogens is 410 g/mol. The Morgan fingerprint density at radius 2 is 1.71 bits per heavy atom. The van der Waals surface area contributed by atoms with Crippen molar-refractivity contribution in [1.29, 1.82) is 0 Å². The van der Waals surface area contributed by atoms with E-state index in [1.54, 1.807) is 12.1 Å². The number of nitrogens with one attached hydrogen (secondary N) is 1. The lowest BCUT2D eigenvalue weighted by molar-refractivity contribution is -0.134. The number of halogens is 2. The summed E-state index contributed by atoms with van der Waals surface area (Å²) in [6.45, 7) is 2.48. The van der Waals surface area contributed by atoms with E-state index < -0.39 is 17.8 Å². The van der Waals surface area contributed by atoms with Gasteiger partial charge in [0, 0.05) is 13.8 Å². The first-order valence-electron chi connectivity index (χ1n) is 5.60. The van der Waals surface area contributed by atoms with Gasteiger partial charge in [-0.15, -0.1) is 0 Å². The molecule has 0 atom stereocenters. The maximum atomic E-state index is 11.0. The third kappa shape index (κ3) is 5.31. The van der Waals surface area contributed by atoms with Gasteiger partial charge >= 0.3 is 11.9 Å². The number of carboxylic acids is 1. The standard InChI is InChI=1S/C13H11Br2NO5/c1-6(17)16-11(13(19)20)5-8-3-9(14)12(10(15)4-8)21-7(2)18/h3-5H,1-2H3,(H,16,17)(H,19,20). The van der Waals surface area contributed by atoms with Gasteiger partial charge in [-0.2, -0.15) is 0 Å². The van der Waals surface area contributed by atoms with Gasteiger partial charge < -0.3 is 15.2 Å². The molecule has 1 rings (SSSR count). The Kier molecular flexibility index (Phi) is 6.10. The van der Waals surface area contributed by atoms with Gasteiger partial charge in [-0.25, -0.2) is 4.79 Å². The highest BCUT2D eigenvalue weighted by Crippen LogP contribution is 2.35. The maximum absolute atomic E-state index is 11.0. The maximum Gasteiger partial charge on any atom is 0.352 e. The van der Waals surface area contributed by atoms with E-state index in [1.165, 1.54) is 19.9 Å². The second-order valence-corrected chi connectivity index (χ2v) is 5.66. The van der Waals surface area contributed by atoms with Crippen LogP contribution in [0.1, 0.15) is 19.4 Å². The molecule has 2 N–H and O–H groups in total. The number of amides is 1. The molecule has 112 valence electrons. The first kappa shape index (κ1) is 17.4. The Bertz CT molecular complexity index is 616. The molecule has 0 aromatic heterocycles. The highest BCUT2D eigenvalue weighted by molar-refractivity contribution is 9.11. The van der Waals surface area contributed by atoms with Crippen molar-refractivity contribution in [2.45, 2.75) is 13.8 Å². The van der Waals surface area contributed by atoms with Crippen LogP contribution in [0.3, 0.4) is 0 Å². The van der Waals surface area contributed by atoms with Crippen LogP contribution in [0.15, 0.2) is 26.8 Å². The van der Waals surface area contributed by atoms with Gasteiger partial charge in [0.15, 0.2) is 5.75 Å². The van der Waals surface area contributed by atoms with Gasteiger partial charge in [-0.1, -0.05) is 0 Å². The molecule has 0 aliphatic rings. The van der Waals surface area contributed by atoms with Gasteiger partial charge in [0.05, 0.1) is 8.95 Å². The van der Waals surface area contributed by atoms with E-state index in [0.29, 0.717) is 14.5 Å².